The molecule has 1 atom stereocenters. The lowest BCUT2D eigenvalue weighted by Crippen LogP contribution is -2.11. The Hall–Kier alpha value is -0.120. The predicted molar refractivity (Wildman–Crippen MR) is 63.2 cm³/mol. The lowest BCUT2D eigenvalue weighted by atomic mass is 10.0. The highest BCUT2D eigenvalue weighted by Gasteiger charge is 2.09. The summed E-state index contributed by atoms with van der Waals surface area (Å²) >= 11 is 3.20. The van der Waals surface area contributed by atoms with Gasteiger partial charge in [0.1, 0.15) is 5.82 Å². The van der Waals surface area contributed by atoms with Crippen LogP contribution < -0.4 is 5.73 Å². The van der Waals surface area contributed by atoms with Crippen molar-refractivity contribution in [1.82, 2.24) is 0 Å². The lowest BCUT2D eigenvalue weighted by molar-refractivity contribution is 0.559. The molecule has 0 aliphatic rings. The van der Waals surface area contributed by atoms with Crippen molar-refractivity contribution in [2.45, 2.75) is 25.8 Å². The average molecular weight is 283 g/mol. The first-order valence-corrected chi connectivity index (χ1v) is 5.15. The zero-order valence-electron chi connectivity index (χ0n) is 7.97. The van der Waals surface area contributed by atoms with Gasteiger partial charge in [-0.05, 0) is 18.6 Å². The minimum absolute atomic E-state index is 0. The Bertz CT molecular complexity index is 293. The molecule has 0 bridgehead atoms. The van der Waals surface area contributed by atoms with Crippen LogP contribution in [-0.2, 0) is 0 Å². The van der Waals surface area contributed by atoms with Gasteiger partial charge in [0.25, 0.3) is 0 Å². The van der Waals surface area contributed by atoms with Crippen LogP contribution in [0.1, 0.15) is 31.4 Å². The number of halogens is 3. The minimum atomic E-state index is -0.227. The van der Waals surface area contributed by atoms with E-state index in [4.69, 9.17) is 5.73 Å². The molecule has 0 spiro atoms. The first kappa shape index (κ1) is 13.9. The van der Waals surface area contributed by atoms with Crippen LogP contribution in [-0.4, -0.2) is 0 Å². The summed E-state index contributed by atoms with van der Waals surface area (Å²) in [6, 6.07) is 4.82. The zero-order valence-corrected chi connectivity index (χ0v) is 10.4. The van der Waals surface area contributed by atoms with E-state index < -0.39 is 0 Å². The largest absolute Gasteiger partial charge is 0.324 e. The average Bonchev–Trinajstić information content (AvgIpc) is 2.04. The van der Waals surface area contributed by atoms with Crippen molar-refractivity contribution in [3.8, 4) is 0 Å². The van der Waals surface area contributed by atoms with Crippen molar-refractivity contribution in [1.29, 1.82) is 0 Å². The van der Waals surface area contributed by atoms with E-state index >= 15 is 0 Å². The Labute approximate surface area is 98.4 Å². The van der Waals surface area contributed by atoms with Gasteiger partial charge in [0.05, 0.1) is 0 Å². The maximum absolute atomic E-state index is 13.3. The quantitative estimate of drug-likeness (QED) is 0.896. The molecule has 0 fully saturated rings. The predicted octanol–water partition coefficient (Wildman–Crippen LogP) is 3.81. The summed E-state index contributed by atoms with van der Waals surface area (Å²) in [7, 11) is 0. The molecule has 1 rings (SSSR count). The maximum atomic E-state index is 13.3. The molecule has 0 unspecified atom stereocenters. The van der Waals surface area contributed by atoms with Gasteiger partial charge in [0.15, 0.2) is 0 Å². The van der Waals surface area contributed by atoms with Crippen LogP contribution in [0.15, 0.2) is 22.7 Å². The van der Waals surface area contributed by atoms with Crippen molar-refractivity contribution in [3.05, 3.63) is 34.1 Å². The first-order chi connectivity index (χ1) is 6.15. The van der Waals surface area contributed by atoms with Crippen LogP contribution >= 0.6 is 28.3 Å². The molecule has 80 valence electrons. The molecule has 0 aliphatic carbocycles. The van der Waals surface area contributed by atoms with Crippen molar-refractivity contribution < 1.29 is 4.39 Å². The van der Waals surface area contributed by atoms with Crippen molar-refractivity contribution >= 4 is 28.3 Å². The van der Waals surface area contributed by atoms with Gasteiger partial charge >= 0.3 is 0 Å². The molecule has 0 heterocycles. The van der Waals surface area contributed by atoms with Gasteiger partial charge < -0.3 is 5.73 Å². The molecule has 0 amide bonds. The van der Waals surface area contributed by atoms with Gasteiger partial charge in [0.2, 0.25) is 0 Å². The first-order valence-electron chi connectivity index (χ1n) is 4.35. The summed E-state index contributed by atoms with van der Waals surface area (Å²) < 4.78 is 14.1. The van der Waals surface area contributed by atoms with Gasteiger partial charge in [-0.15, -0.1) is 12.4 Å². The normalized spacial score (nSPS) is 12.0. The van der Waals surface area contributed by atoms with Crippen molar-refractivity contribution in [3.63, 3.8) is 0 Å². The fourth-order valence-electron chi connectivity index (χ4n) is 1.27. The zero-order chi connectivity index (χ0) is 9.84. The van der Waals surface area contributed by atoms with Gasteiger partial charge in [-0.1, -0.05) is 35.3 Å². The van der Waals surface area contributed by atoms with Crippen LogP contribution in [0.4, 0.5) is 4.39 Å². The van der Waals surface area contributed by atoms with Crippen molar-refractivity contribution in [2.24, 2.45) is 5.73 Å². The van der Waals surface area contributed by atoms with Gasteiger partial charge in [0, 0.05) is 16.1 Å². The number of hydrogen-bond donors (Lipinski definition) is 1. The molecule has 0 saturated heterocycles. The van der Waals surface area contributed by atoms with Gasteiger partial charge in [-0.25, -0.2) is 4.39 Å². The van der Waals surface area contributed by atoms with Gasteiger partial charge in [-0.2, -0.15) is 0 Å². The Morgan fingerprint density at radius 2 is 2.14 bits per heavy atom. The Kier molecular flexibility index (Phi) is 6.33. The molecule has 2 N–H and O–H groups in total. The summed E-state index contributed by atoms with van der Waals surface area (Å²) in [5.41, 5.74) is 6.40. The number of nitrogens with two attached hydrogens (primary N) is 1. The highest BCUT2D eigenvalue weighted by atomic mass is 79.9. The standard InChI is InChI=1S/C10H13BrFN.ClH/c1-2-3-10(13)8-5-4-7(11)6-9(8)12;/h4-6,10H,2-3,13H2,1H3;1H/t10-;/m1./s1. The smallest absolute Gasteiger partial charge is 0.129 e. The highest BCUT2D eigenvalue weighted by molar-refractivity contribution is 9.10. The van der Waals surface area contributed by atoms with Crippen LogP contribution in [0, 0.1) is 5.82 Å². The highest BCUT2D eigenvalue weighted by Crippen LogP contribution is 2.22. The molecule has 4 heteroatoms. The van der Waals surface area contributed by atoms with Crippen LogP contribution in [0.5, 0.6) is 0 Å². The van der Waals surface area contributed by atoms with E-state index in [-0.39, 0.29) is 24.3 Å². The van der Waals surface area contributed by atoms with E-state index in [9.17, 15) is 4.39 Å². The fourth-order valence-corrected chi connectivity index (χ4v) is 1.60. The molecule has 0 aliphatic heterocycles. The molecule has 1 nitrogen and oxygen atoms in total. The Morgan fingerprint density at radius 3 is 2.64 bits per heavy atom. The second-order valence-corrected chi connectivity index (χ2v) is 3.98. The third-order valence-electron chi connectivity index (χ3n) is 1.96. The second-order valence-electron chi connectivity index (χ2n) is 3.06. The Balaban J connectivity index is 0.00000169. The second kappa shape index (κ2) is 6.38. The number of hydrogen-bond acceptors (Lipinski definition) is 1. The topological polar surface area (TPSA) is 26.0 Å². The molecular weight excluding hydrogens is 268 g/mol. The SMILES string of the molecule is CCC[C@@H](N)c1ccc(Br)cc1F.Cl. The maximum Gasteiger partial charge on any atom is 0.129 e. The Morgan fingerprint density at radius 1 is 1.50 bits per heavy atom. The summed E-state index contributed by atoms with van der Waals surface area (Å²) in [4.78, 5) is 0. The molecule has 0 radical (unpaired) electrons. The van der Waals surface area contributed by atoms with E-state index in [1.165, 1.54) is 6.07 Å². The summed E-state index contributed by atoms with van der Waals surface area (Å²) in [5, 5.41) is 0. The third-order valence-corrected chi connectivity index (χ3v) is 2.45. The molecule has 1 aromatic carbocycles. The lowest BCUT2D eigenvalue weighted by Gasteiger charge is -2.11. The van der Waals surface area contributed by atoms with Crippen LogP contribution in [0.2, 0.25) is 0 Å². The molecular formula is C10H14BrClFN. The van der Waals surface area contributed by atoms with E-state index in [1.54, 1.807) is 6.07 Å². The molecule has 14 heavy (non-hydrogen) atoms. The third kappa shape index (κ3) is 3.56. The molecule has 0 saturated carbocycles. The monoisotopic (exact) mass is 281 g/mol. The van der Waals surface area contributed by atoms with E-state index in [2.05, 4.69) is 15.9 Å². The molecule has 0 aromatic heterocycles. The summed E-state index contributed by atoms with van der Waals surface area (Å²) in [6.07, 6.45) is 1.79. The van der Waals surface area contributed by atoms with E-state index in [0.717, 1.165) is 17.3 Å². The van der Waals surface area contributed by atoms with Crippen LogP contribution in [0.3, 0.4) is 0 Å². The van der Waals surface area contributed by atoms with E-state index in [1.807, 2.05) is 13.0 Å². The van der Waals surface area contributed by atoms with Crippen LogP contribution in [0.25, 0.3) is 0 Å². The summed E-state index contributed by atoms with van der Waals surface area (Å²) in [5.74, 6) is -0.227. The fraction of sp³-hybridized carbons (Fsp3) is 0.400. The molecule has 1 aromatic rings. The number of rotatable bonds is 3. The van der Waals surface area contributed by atoms with Gasteiger partial charge in [-0.3, -0.25) is 0 Å². The van der Waals surface area contributed by atoms with E-state index in [0.29, 0.717) is 5.56 Å². The minimum Gasteiger partial charge on any atom is -0.324 e. The summed E-state index contributed by atoms with van der Waals surface area (Å²) in [6.45, 7) is 2.04. The number of benzene rings is 1. The van der Waals surface area contributed by atoms with Crippen molar-refractivity contribution in [2.75, 3.05) is 0 Å².